The minimum absolute atomic E-state index is 0.0187. The van der Waals surface area contributed by atoms with Crippen LogP contribution in [0.2, 0.25) is 0 Å². The molecule has 31 heavy (non-hydrogen) atoms. The Hall–Kier alpha value is -4.01. The molecule has 0 saturated carbocycles. The lowest BCUT2D eigenvalue weighted by Crippen LogP contribution is -2.36. The quantitative estimate of drug-likeness (QED) is 0.516. The molecular weight excluding hydrogens is 401 g/mol. The fourth-order valence-electron chi connectivity index (χ4n) is 3.60. The predicted octanol–water partition coefficient (Wildman–Crippen LogP) is 3.33. The third kappa shape index (κ3) is 4.45. The van der Waals surface area contributed by atoms with E-state index in [9.17, 15) is 18.8 Å². The summed E-state index contributed by atoms with van der Waals surface area (Å²) in [5.74, 6) is -2.19. The summed E-state index contributed by atoms with van der Waals surface area (Å²) >= 11 is 0. The van der Waals surface area contributed by atoms with Crippen LogP contribution in [0, 0.1) is 19.7 Å². The van der Waals surface area contributed by atoms with Gasteiger partial charge in [0, 0.05) is 17.8 Å². The normalized spacial score (nSPS) is 15.1. The highest BCUT2D eigenvalue weighted by Gasteiger charge is 2.34. The number of carbonyl (C=O) groups excluding carboxylic acids is 2. The van der Waals surface area contributed by atoms with Crippen molar-refractivity contribution in [2.45, 2.75) is 26.2 Å². The van der Waals surface area contributed by atoms with Crippen molar-refractivity contribution in [1.29, 1.82) is 0 Å². The number of H-pyrrole nitrogens is 1. The molecule has 0 saturated heterocycles. The second-order valence-corrected chi connectivity index (χ2v) is 7.48. The molecule has 8 nitrogen and oxygen atoms in total. The number of aryl methyl sites for hydroxylation is 2. The minimum atomic E-state index is -0.985. The highest BCUT2D eigenvalue weighted by Crippen LogP contribution is 2.30. The van der Waals surface area contributed by atoms with Crippen LogP contribution in [0.25, 0.3) is 0 Å². The smallest absolute Gasteiger partial charge is 0.258 e. The molecule has 158 valence electrons. The third-order valence-electron chi connectivity index (χ3n) is 4.86. The summed E-state index contributed by atoms with van der Waals surface area (Å²) in [5, 5.41) is 8.19. The maximum atomic E-state index is 13.1. The number of carbonyl (C=O) groups is 2. The molecule has 0 spiro atoms. The number of nitrogens with zero attached hydrogens (tertiary/aromatic N) is 1. The van der Waals surface area contributed by atoms with E-state index < -0.39 is 29.1 Å². The van der Waals surface area contributed by atoms with Crippen molar-refractivity contribution < 1.29 is 14.0 Å². The van der Waals surface area contributed by atoms with Crippen LogP contribution in [0.1, 0.15) is 29.0 Å². The molecule has 4 rings (SSSR count). The van der Waals surface area contributed by atoms with Crippen molar-refractivity contribution in [2.24, 2.45) is 0 Å². The molecule has 1 aliphatic rings. The number of anilines is 4. The van der Waals surface area contributed by atoms with Crippen LogP contribution < -0.4 is 21.5 Å². The third-order valence-corrected chi connectivity index (χ3v) is 4.86. The molecule has 0 aliphatic carbocycles. The number of amides is 2. The zero-order chi connectivity index (χ0) is 22.1. The first kappa shape index (κ1) is 20.3. The molecule has 2 aromatic carbocycles. The lowest BCUT2D eigenvalue weighted by atomic mass is 9.92. The molecule has 0 unspecified atom stereocenters. The number of halogens is 1. The molecule has 3 aromatic rings. The Morgan fingerprint density at radius 1 is 1.06 bits per heavy atom. The zero-order valence-corrected chi connectivity index (χ0v) is 16.9. The Morgan fingerprint density at radius 3 is 2.42 bits per heavy atom. The van der Waals surface area contributed by atoms with Crippen LogP contribution in [-0.4, -0.2) is 21.8 Å². The Kier molecular flexibility index (Phi) is 5.24. The van der Waals surface area contributed by atoms with Crippen LogP contribution in [-0.2, 0) is 9.59 Å². The average molecular weight is 421 g/mol. The molecule has 9 heteroatoms. The van der Waals surface area contributed by atoms with Crippen LogP contribution in [0.3, 0.4) is 0 Å². The summed E-state index contributed by atoms with van der Waals surface area (Å²) in [6, 6.07) is 11.1. The topological polar surface area (TPSA) is 116 Å². The molecule has 0 bridgehead atoms. The summed E-state index contributed by atoms with van der Waals surface area (Å²) in [5.41, 5.74) is 2.59. The predicted molar refractivity (Wildman–Crippen MR) is 115 cm³/mol. The van der Waals surface area contributed by atoms with E-state index in [4.69, 9.17) is 0 Å². The van der Waals surface area contributed by atoms with E-state index in [0.29, 0.717) is 11.4 Å². The van der Waals surface area contributed by atoms with Gasteiger partial charge in [0.05, 0.1) is 11.5 Å². The van der Waals surface area contributed by atoms with Crippen molar-refractivity contribution in [3.8, 4) is 0 Å². The number of hydrogen-bond acceptors (Lipinski definition) is 5. The van der Waals surface area contributed by atoms with Crippen LogP contribution in [0.15, 0.2) is 47.3 Å². The Bertz CT molecular complexity index is 1220. The Balaban J connectivity index is 1.64. The van der Waals surface area contributed by atoms with Gasteiger partial charge >= 0.3 is 0 Å². The number of aromatic nitrogens is 2. The minimum Gasteiger partial charge on any atom is -0.326 e. The molecule has 0 radical (unpaired) electrons. The largest absolute Gasteiger partial charge is 0.326 e. The first-order valence-electron chi connectivity index (χ1n) is 9.64. The first-order valence-corrected chi connectivity index (χ1v) is 9.64. The van der Waals surface area contributed by atoms with E-state index in [1.807, 2.05) is 32.0 Å². The van der Waals surface area contributed by atoms with Crippen LogP contribution in [0.4, 0.5) is 27.5 Å². The van der Waals surface area contributed by atoms with Gasteiger partial charge in [-0.2, -0.15) is 4.98 Å². The van der Waals surface area contributed by atoms with E-state index in [1.54, 1.807) is 0 Å². The molecule has 4 N–H and O–H groups in total. The summed E-state index contributed by atoms with van der Waals surface area (Å²) in [6.45, 7) is 3.83. The maximum absolute atomic E-state index is 13.1. The van der Waals surface area contributed by atoms with E-state index in [2.05, 4.69) is 25.9 Å². The van der Waals surface area contributed by atoms with E-state index in [0.717, 1.165) is 11.1 Å². The second-order valence-electron chi connectivity index (χ2n) is 7.48. The highest BCUT2D eigenvalue weighted by molar-refractivity contribution is 6.04. The van der Waals surface area contributed by atoms with Crippen molar-refractivity contribution in [1.82, 2.24) is 9.97 Å². The van der Waals surface area contributed by atoms with Crippen molar-refractivity contribution >= 4 is 35.0 Å². The SMILES string of the molecule is Cc1cc(C)cc(NC(=O)[C@@H]2CC(=O)Nc3nc(Nc4ccc(F)cc4)[nH]c(=O)c32)c1. The highest BCUT2D eigenvalue weighted by atomic mass is 19.1. The average Bonchev–Trinajstić information content (AvgIpc) is 2.68. The summed E-state index contributed by atoms with van der Waals surface area (Å²) in [7, 11) is 0. The van der Waals surface area contributed by atoms with Gasteiger partial charge in [-0.15, -0.1) is 0 Å². The number of hydrogen-bond donors (Lipinski definition) is 4. The maximum Gasteiger partial charge on any atom is 0.258 e. The van der Waals surface area contributed by atoms with Gasteiger partial charge in [-0.1, -0.05) is 6.07 Å². The lowest BCUT2D eigenvalue weighted by Gasteiger charge is -2.23. The van der Waals surface area contributed by atoms with E-state index >= 15 is 0 Å². The Labute approximate surface area is 176 Å². The number of rotatable bonds is 4. The number of aromatic amines is 1. The fourth-order valence-corrected chi connectivity index (χ4v) is 3.60. The standard InChI is InChI=1S/C22H20FN5O3/c1-11-7-12(2)9-15(8-11)24-20(30)16-10-17(29)26-19-18(16)21(31)28-22(27-19)25-14-5-3-13(23)4-6-14/h3-9,16H,10H2,1-2H3,(H,24,30)(H3,25,26,27,28,29,31)/t16-/m1/s1. The summed E-state index contributed by atoms with van der Waals surface area (Å²) in [6.07, 6.45) is -0.168. The molecule has 1 aliphatic heterocycles. The van der Waals surface area contributed by atoms with Crippen LogP contribution in [0.5, 0.6) is 0 Å². The van der Waals surface area contributed by atoms with Gasteiger partial charge in [-0.05, 0) is 61.4 Å². The number of fused-ring (bicyclic) bond motifs is 1. The van der Waals surface area contributed by atoms with E-state index in [1.165, 1.54) is 24.3 Å². The number of nitrogens with one attached hydrogen (secondary N) is 4. The summed E-state index contributed by atoms with van der Waals surface area (Å²) < 4.78 is 13.1. The van der Waals surface area contributed by atoms with Crippen molar-refractivity contribution in [3.05, 3.63) is 75.3 Å². The molecule has 2 amide bonds. The molecule has 1 aromatic heterocycles. The first-order chi connectivity index (χ1) is 14.8. The van der Waals surface area contributed by atoms with Gasteiger partial charge in [-0.3, -0.25) is 19.4 Å². The van der Waals surface area contributed by atoms with Gasteiger partial charge in [0.2, 0.25) is 17.8 Å². The number of benzene rings is 2. The van der Waals surface area contributed by atoms with Gasteiger partial charge in [0.1, 0.15) is 11.6 Å². The molecular formula is C22H20FN5O3. The fraction of sp³-hybridized carbons (Fsp3) is 0.182. The van der Waals surface area contributed by atoms with E-state index in [-0.39, 0.29) is 23.8 Å². The van der Waals surface area contributed by atoms with Crippen molar-refractivity contribution in [2.75, 3.05) is 16.0 Å². The molecule has 2 heterocycles. The van der Waals surface area contributed by atoms with Gasteiger partial charge < -0.3 is 16.0 Å². The lowest BCUT2D eigenvalue weighted by molar-refractivity contribution is -0.123. The van der Waals surface area contributed by atoms with Crippen molar-refractivity contribution in [3.63, 3.8) is 0 Å². The van der Waals surface area contributed by atoms with Gasteiger partial charge in [0.15, 0.2) is 0 Å². The van der Waals surface area contributed by atoms with Crippen LogP contribution >= 0.6 is 0 Å². The Morgan fingerprint density at radius 2 is 1.74 bits per heavy atom. The monoisotopic (exact) mass is 421 g/mol. The zero-order valence-electron chi connectivity index (χ0n) is 16.9. The summed E-state index contributed by atoms with van der Waals surface area (Å²) in [4.78, 5) is 44.7. The van der Waals surface area contributed by atoms with Gasteiger partial charge in [0.25, 0.3) is 5.56 Å². The molecule has 1 atom stereocenters. The second kappa shape index (κ2) is 8.02. The molecule has 0 fully saturated rings. The van der Waals surface area contributed by atoms with Gasteiger partial charge in [-0.25, -0.2) is 4.39 Å².